The minimum absolute atomic E-state index is 0.153. The third kappa shape index (κ3) is 4.07. The molecule has 0 saturated carbocycles. The molecule has 0 aliphatic heterocycles. The topological polar surface area (TPSA) is 75.3 Å². The van der Waals surface area contributed by atoms with Gasteiger partial charge in [0.05, 0.1) is 11.7 Å². The Hall–Kier alpha value is -0.980. The van der Waals surface area contributed by atoms with Crippen molar-refractivity contribution >= 4 is 21.8 Å². The minimum Gasteiger partial charge on any atom is -0.392 e. The second-order valence-electron chi connectivity index (χ2n) is 3.74. The van der Waals surface area contributed by atoms with Gasteiger partial charge < -0.3 is 16.2 Å². The lowest BCUT2D eigenvalue weighted by atomic mass is 10.1. The Morgan fingerprint density at radius 2 is 2.29 bits per heavy atom. The second-order valence-corrected chi connectivity index (χ2v) is 4.59. The molecule has 4 nitrogen and oxygen atoms in total. The summed E-state index contributed by atoms with van der Waals surface area (Å²) < 4.78 is 13.2. The first-order valence-electron chi connectivity index (χ1n) is 5.08. The van der Waals surface area contributed by atoms with Gasteiger partial charge in [-0.05, 0) is 41.1 Å². The molecule has 1 aromatic rings. The fourth-order valence-electron chi connectivity index (χ4n) is 1.15. The molecule has 17 heavy (non-hydrogen) atoms. The predicted octanol–water partition coefficient (Wildman–Crippen LogP) is 1.03. The summed E-state index contributed by atoms with van der Waals surface area (Å²) in [5.74, 6) is -0.790. The van der Waals surface area contributed by atoms with Gasteiger partial charge in [-0.2, -0.15) is 0 Å². The first-order valence-corrected chi connectivity index (χ1v) is 5.88. The van der Waals surface area contributed by atoms with Crippen molar-refractivity contribution in [3.63, 3.8) is 0 Å². The van der Waals surface area contributed by atoms with E-state index in [4.69, 9.17) is 10.8 Å². The van der Waals surface area contributed by atoms with Crippen molar-refractivity contribution in [2.45, 2.75) is 19.1 Å². The quantitative estimate of drug-likeness (QED) is 0.777. The number of amides is 1. The van der Waals surface area contributed by atoms with E-state index < -0.39 is 18.0 Å². The van der Waals surface area contributed by atoms with Crippen LogP contribution in [0.2, 0.25) is 0 Å². The molecule has 0 radical (unpaired) electrons. The van der Waals surface area contributed by atoms with Crippen LogP contribution in [-0.4, -0.2) is 29.7 Å². The van der Waals surface area contributed by atoms with Gasteiger partial charge in [0.2, 0.25) is 0 Å². The average molecular weight is 305 g/mol. The van der Waals surface area contributed by atoms with Crippen molar-refractivity contribution in [1.82, 2.24) is 5.32 Å². The molecule has 2 unspecified atom stereocenters. The van der Waals surface area contributed by atoms with Crippen molar-refractivity contribution in [3.05, 3.63) is 34.1 Å². The standard InChI is InChI=1S/C11H14BrFN2O2/c1-6(16)10(14)5-15-11(17)8-3-2-7(13)4-9(8)12/h2-4,6,10,16H,5,14H2,1H3,(H,15,17). The van der Waals surface area contributed by atoms with Crippen molar-refractivity contribution in [1.29, 1.82) is 0 Å². The number of nitrogens with two attached hydrogens (primary N) is 1. The van der Waals surface area contributed by atoms with Crippen LogP contribution < -0.4 is 11.1 Å². The van der Waals surface area contributed by atoms with E-state index in [1.807, 2.05) is 0 Å². The molecule has 6 heteroatoms. The number of rotatable bonds is 4. The highest BCUT2D eigenvalue weighted by atomic mass is 79.9. The lowest BCUT2D eigenvalue weighted by Gasteiger charge is -2.15. The van der Waals surface area contributed by atoms with Crippen LogP contribution in [0.15, 0.2) is 22.7 Å². The van der Waals surface area contributed by atoms with Crippen LogP contribution in [0.1, 0.15) is 17.3 Å². The molecule has 0 fully saturated rings. The van der Waals surface area contributed by atoms with Gasteiger partial charge in [0.1, 0.15) is 5.82 Å². The Bertz CT molecular complexity index is 412. The summed E-state index contributed by atoms with van der Waals surface area (Å²) >= 11 is 3.10. The second kappa shape index (κ2) is 6.09. The third-order valence-electron chi connectivity index (χ3n) is 2.29. The van der Waals surface area contributed by atoms with Gasteiger partial charge in [-0.1, -0.05) is 0 Å². The van der Waals surface area contributed by atoms with Crippen molar-refractivity contribution in [2.24, 2.45) is 5.73 Å². The molecule has 1 aromatic carbocycles. The molecule has 1 amide bonds. The van der Waals surface area contributed by atoms with Gasteiger partial charge in [0.25, 0.3) is 5.91 Å². The number of halogens is 2. The molecule has 0 heterocycles. The van der Waals surface area contributed by atoms with Crippen LogP contribution in [0.4, 0.5) is 4.39 Å². The number of nitrogens with one attached hydrogen (secondary N) is 1. The van der Waals surface area contributed by atoms with Crippen molar-refractivity contribution < 1.29 is 14.3 Å². The first-order chi connectivity index (χ1) is 7.91. The monoisotopic (exact) mass is 304 g/mol. The van der Waals surface area contributed by atoms with Gasteiger partial charge in [-0.25, -0.2) is 4.39 Å². The maximum absolute atomic E-state index is 12.8. The normalized spacial score (nSPS) is 14.2. The van der Waals surface area contributed by atoms with Gasteiger partial charge in [0.15, 0.2) is 0 Å². The average Bonchev–Trinajstić information content (AvgIpc) is 2.25. The lowest BCUT2D eigenvalue weighted by Crippen LogP contribution is -2.43. The Morgan fingerprint density at radius 1 is 1.65 bits per heavy atom. The Labute approximate surface area is 107 Å². The van der Waals surface area contributed by atoms with Crippen LogP contribution in [-0.2, 0) is 0 Å². The molecule has 0 spiro atoms. The fourth-order valence-corrected chi connectivity index (χ4v) is 1.68. The van der Waals surface area contributed by atoms with E-state index in [1.54, 1.807) is 6.92 Å². The molecular formula is C11H14BrFN2O2. The first kappa shape index (κ1) is 14.1. The van der Waals surface area contributed by atoms with Crippen LogP contribution >= 0.6 is 15.9 Å². The molecular weight excluding hydrogens is 291 g/mol. The largest absolute Gasteiger partial charge is 0.392 e. The molecule has 0 bridgehead atoms. The van der Waals surface area contributed by atoms with Gasteiger partial charge in [-0.15, -0.1) is 0 Å². The number of carbonyl (C=O) groups excluding carboxylic acids is 1. The number of hydrogen-bond donors (Lipinski definition) is 3. The Balaban J connectivity index is 2.64. The summed E-state index contributed by atoms with van der Waals surface area (Å²) in [6.45, 7) is 1.70. The summed E-state index contributed by atoms with van der Waals surface area (Å²) in [6.07, 6.45) is -0.702. The molecule has 0 aliphatic carbocycles. The fraction of sp³-hybridized carbons (Fsp3) is 0.364. The molecule has 1 rings (SSSR count). The maximum atomic E-state index is 12.8. The molecule has 0 aliphatic rings. The number of carbonyl (C=O) groups is 1. The van der Waals surface area contributed by atoms with Crippen molar-refractivity contribution in [2.75, 3.05) is 6.54 Å². The molecule has 4 N–H and O–H groups in total. The zero-order chi connectivity index (χ0) is 13.0. The van der Waals surface area contributed by atoms with E-state index in [2.05, 4.69) is 21.2 Å². The molecule has 0 saturated heterocycles. The molecule has 94 valence electrons. The van der Waals surface area contributed by atoms with E-state index in [-0.39, 0.29) is 12.5 Å². The summed E-state index contributed by atoms with van der Waals surface area (Å²) in [4.78, 5) is 11.7. The smallest absolute Gasteiger partial charge is 0.252 e. The van der Waals surface area contributed by atoms with Crippen LogP contribution in [0.25, 0.3) is 0 Å². The van der Waals surface area contributed by atoms with E-state index in [0.717, 1.165) is 0 Å². The SMILES string of the molecule is CC(O)C(N)CNC(=O)c1ccc(F)cc1Br. The zero-order valence-electron chi connectivity index (χ0n) is 9.28. The summed E-state index contributed by atoms with van der Waals surface area (Å²) in [5.41, 5.74) is 5.89. The highest BCUT2D eigenvalue weighted by Gasteiger charge is 2.14. The number of aliphatic hydroxyl groups excluding tert-OH is 1. The number of hydrogen-bond acceptors (Lipinski definition) is 3. The predicted molar refractivity (Wildman–Crippen MR) is 66.1 cm³/mol. The van der Waals surface area contributed by atoms with E-state index in [9.17, 15) is 9.18 Å². The van der Waals surface area contributed by atoms with Crippen molar-refractivity contribution in [3.8, 4) is 0 Å². The number of aliphatic hydroxyl groups is 1. The molecule has 0 aromatic heterocycles. The van der Waals surface area contributed by atoms with E-state index >= 15 is 0 Å². The minimum atomic E-state index is -0.702. The van der Waals surface area contributed by atoms with Gasteiger partial charge >= 0.3 is 0 Å². The van der Waals surface area contributed by atoms with Gasteiger partial charge in [0, 0.05) is 17.1 Å². The summed E-state index contributed by atoms with van der Waals surface area (Å²) in [5, 5.41) is 11.7. The lowest BCUT2D eigenvalue weighted by molar-refractivity contribution is 0.0937. The molecule has 2 atom stereocenters. The summed E-state index contributed by atoms with van der Waals surface area (Å²) in [7, 11) is 0. The van der Waals surface area contributed by atoms with Gasteiger partial charge in [-0.3, -0.25) is 4.79 Å². The zero-order valence-corrected chi connectivity index (χ0v) is 10.9. The van der Waals surface area contributed by atoms with Crippen LogP contribution in [0, 0.1) is 5.82 Å². The third-order valence-corrected chi connectivity index (χ3v) is 2.95. The van der Waals surface area contributed by atoms with E-state index in [1.165, 1.54) is 18.2 Å². The van der Waals surface area contributed by atoms with Crippen LogP contribution in [0.5, 0.6) is 0 Å². The van der Waals surface area contributed by atoms with Crippen LogP contribution in [0.3, 0.4) is 0 Å². The Morgan fingerprint density at radius 3 is 2.82 bits per heavy atom. The number of benzene rings is 1. The Kier molecular flexibility index (Phi) is 5.04. The van der Waals surface area contributed by atoms with E-state index in [0.29, 0.717) is 10.0 Å². The maximum Gasteiger partial charge on any atom is 0.252 e. The highest BCUT2D eigenvalue weighted by molar-refractivity contribution is 9.10. The summed E-state index contributed by atoms with van der Waals surface area (Å²) in [6, 6.07) is 3.26. The highest BCUT2D eigenvalue weighted by Crippen LogP contribution is 2.17.